The standard InChI is InChI=1S/C14H16N2O3/c1-4-10-7-6-8-11(9-10)15-13(19)16-14(3,5-2)12(17)18/h1,6-9H,5H2,2-3H3,(H,17,18)(H2,15,16,19). The van der Waals surface area contributed by atoms with E-state index in [4.69, 9.17) is 11.5 Å². The molecule has 0 radical (unpaired) electrons. The predicted molar refractivity (Wildman–Crippen MR) is 72.9 cm³/mol. The van der Waals surface area contributed by atoms with Crippen LogP contribution in [0.2, 0.25) is 0 Å². The summed E-state index contributed by atoms with van der Waals surface area (Å²) in [6.45, 7) is 3.14. The summed E-state index contributed by atoms with van der Waals surface area (Å²) >= 11 is 0. The van der Waals surface area contributed by atoms with Crippen molar-refractivity contribution in [2.45, 2.75) is 25.8 Å². The van der Waals surface area contributed by atoms with Crippen LogP contribution >= 0.6 is 0 Å². The van der Waals surface area contributed by atoms with Crippen LogP contribution in [0.3, 0.4) is 0 Å². The summed E-state index contributed by atoms with van der Waals surface area (Å²) in [7, 11) is 0. The van der Waals surface area contributed by atoms with E-state index in [1.807, 2.05) is 0 Å². The number of carboxylic acids is 1. The molecule has 0 spiro atoms. The van der Waals surface area contributed by atoms with E-state index in [-0.39, 0.29) is 6.42 Å². The number of carboxylic acid groups (broad SMARTS) is 1. The first-order valence-electron chi connectivity index (χ1n) is 5.80. The topological polar surface area (TPSA) is 78.4 Å². The minimum absolute atomic E-state index is 0.278. The normalized spacial score (nSPS) is 12.9. The van der Waals surface area contributed by atoms with Crippen molar-refractivity contribution in [3.8, 4) is 12.3 Å². The highest BCUT2D eigenvalue weighted by molar-refractivity contribution is 5.93. The number of nitrogens with one attached hydrogen (secondary N) is 2. The van der Waals surface area contributed by atoms with Gasteiger partial charge in [0.05, 0.1) is 0 Å². The summed E-state index contributed by atoms with van der Waals surface area (Å²) in [6.07, 6.45) is 5.53. The van der Waals surface area contributed by atoms with Crippen LogP contribution in [0.5, 0.6) is 0 Å². The Bertz CT molecular complexity index is 534. The van der Waals surface area contributed by atoms with Crippen molar-refractivity contribution in [2.24, 2.45) is 0 Å². The Morgan fingerprint density at radius 2 is 2.16 bits per heavy atom. The van der Waals surface area contributed by atoms with Crippen molar-refractivity contribution in [1.29, 1.82) is 0 Å². The fourth-order valence-electron chi connectivity index (χ4n) is 1.39. The molecule has 1 atom stereocenters. The molecule has 0 bridgehead atoms. The van der Waals surface area contributed by atoms with Crippen LogP contribution in [0.25, 0.3) is 0 Å². The van der Waals surface area contributed by atoms with Crippen molar-refractivity contribution in [2.75, 3.05) is 5.32 Å². The van der Waals surface area contributed by atoms with Gasteiger partial charge in [-0.25, -0.2) is 9.59 Å². The Hall–Kier alpha value is -2.48. The minimum atomic E-state index is -1.30. The number of terminal acetylenes is 1. The number of hydrogen-bond donors (Lipinski definition) is 3. The molecule has 0 fully saturated rings. The first kappa shape index (κ1) is 14.6. The molecule has 0 aliphatic rings. The fourth-order valence-corrected chi connectivity index (χ4v) is 1.39. The maximum Gasteiger partial charge on any atom is 0.329 e. The number of benzene rings is 1. The Labute approximate surface area is 112 Å². The van der Waals surface area contributed by atoms with E-state index in [0.29, 0.717) is 11.3 Å². The summed E-state index contributed by atoms with van der Waals surface area (Å²) in [5.74, 6) is 1.37. The van der Waals surface area contributed by atoms with E-state index < -0.39 is 17.5 Å². The quantitative estimate of drug-likeness (QED) is 0.725. The summed E-state index contributed by atoms with van der Waals surface area (Å²) in [6, 6.07) is 6.16. The number of amides is 2. The van der Waals surface area contributed by atoms with Crippen LogP contribution in [0.4, 0.5) is 10.5 Å². The van der Waals surface area contributed by atoms with Gasteiger partial charge >= 0.3 is 12.0 Å². The van der Waals surface area contributed by atoms with Crippen LogP contribution in [0.15, 0.2) is 24.3 Å². The number of carbonyl (C=O) groups excluding carboxylic acids is 1. The SMILES string of the molecule is C#Cc1cccc(NC(=O)NC(C)(CC)C(=O)O)c1. The summed E-state index contributed by atoms with van der Waals surface area (Å²) < 4.78 is 0. The predicted octanol–water partition coefficient (Wildman–Crippen LogP) is 2.04. The van der Waals surface area contributed by atoms with Gasteiger partial charge in [0.1, 0.15) is 5.54 Å². The lowest BCUT2D eigenvalue weighted by Gasteiger charge is -2.24. The van der Waals surface area contributed by atoms with Crippen molar-refractivity contribution < 1.29 is 14.7 Å². The van der Waals surface area contributed by atoms with E-state index in [1.165, 1.54) is 6.92 Å². The molecule has 3 N–H and O–H groups in total. The molecular weight excluding hydrogens is 244 g/mol. The Morgan fingerprint density at radius 1 is 1.47 bits per heavy atom. The number of hydrogen-bond acceptors (Lipinski definition) is 2. The minimum Gasteiger partial charge on any atom is -0.480 e. The first-order valence-corrected chi connectivity index (χ1v) is 5.80. The third-order valence-corrected chi connectivity index (χ3v) is 2.86. The average Bonchev–Trinajstić information content (AvgIpc) is 2.38. The number of rotatable bonds is 4. The van der Waals surface area contributed by atoms with Gasteiger partial charge in [0.15, 0.2) is 0 Å². The third-order valence-electron chi connectivity index (χ3n) is 2.86. The number of urea groups is 1. The summed E-state index contributed by atoms with van der Waals surface area (Å²) in [4.78, 5) is 22.8. The van der Waals surface area contributed by atoms with Crippen molar-refractivity contribution >= 4 is 17.7 Å². The molecule has 0 saturated carbocycles. The molecule has 1 aromatic rings. The summed E-state index contributed by atoms with van der Waals surface area (Å²) in [5.41, 5.74) is -0.153. The molecule has 19 heavy (non-hydrogen) atoms. The molecule has 1 aromatic carbocycles. The van der Waals surface area contributed by atoms with Crippen molar-refractivity contribution in [1.82, 2.24) is 5.32 Å². The molecule has 0 aliphatic carbocycles. The maximum absolute atomic E-state index is 11.8. The molecule has 5 nitrogen and oxygen atoms in total. The van der Waals surface area contributed by atoms with Gasteiger partial charge in [-0.05, 0) is 31.5 Å². The van der Waals surface area contributed by atoms with Crippen LogP contribution in [-0.4, -0.2) is 22.6 Å². The van der Waals surface area contributed by atoms with Crippen LogP contribution in [0.1, 0.15) is 25.8 Å². The number of anilines is 1. The van der Waals surface area contributed by atoms with Crippen LogP contribution in [-0.2, 0) is 4.79 Å². The molecule has 1 rings (SSSR count). The Kier molecular flexibility index (Phi) is 4.54. The van der Waals surface area contributed by atoms with Gasteiger partial charge in [-0.3, -0.25) is 0 Å². The fraction of sp³-hybridized carbons (Fsp3) is 0.286. The number of aliphatic carboxylic acids is 1. The highest BCUT2D eigenvalue weighted by Crippen LogP contribution is 2.12. The number of carbonyl (C=O) groups is 2. The van der Waals surface area contributed by atoms with E-state index >= 15 is 0 Å². The lowest BCUT2D eigenvalue weighted by atomic mass is 10.00. The second-order valence-electron chi connectivity index (χ2n) is 4.30. The largest absolute Gasteiger partial charge is 0.480 e. The zero-order chi connectivity index (χ0) is 14.5. The maximum atomic E-state index is 11.8. The van der Waals surface area contributed by atoms with Crippen molar-refractivity contribution in [3.63, 3.8) is 0 Å². The smallest absolute Gasteiger partial charge is 0.329 e. The van der Waals surface area contributed by atoms with E-state index in [2.05, 4.69) is 16.6 Å². The molecule has 2 amide bonds. The molecule has 5 heteroatoms. The van der Waals surface area contributed by atoms with Crippen LogP contribution < -0.4 is 10.6 Å². The zero-order valence-corrected chi connectivity index (χ0v) is 10.9. The Morgan fingerprint density at radius 3 is 2.68 bits per heavy atom. The van der Waals surface area contributed by atoms with E-state index in [9.17, 15) is 9.59 Å². The van der Waals surface area contributed by atoms with Gasteiger partial charge in [-0.15, -0.1) is 6.42 Å². The second kappa shape index (κ2) is 5.91. The molecule has 0 aromatic heterocycles. The third kappa shape index (κ3) is 3.75. The average molecular weight is 260 g/mol. The Balaban J connectivity index is 2.75. The highest BCUT2D eigenvalue weighted by Gasteiger charge is 2.32. The summed E-state index contributed by atoms with van der Waals surface area (Å²) in [5, 5.41) is 14.0. The van der Waals surface area contributed by atoms with Crippen LogP contribution in [0, 0.1) is 12.3 Å². The lowest BCUT2D eigenvalue weighted by Crippen LogP contribution is -2.53. The molecule has 0 saturated heterocycles. The molecule has 100 valence electrons. The molecule has 1 unspecified atom stereocenters. The van der Waals surface area contributed by atoms with Gasteiger partial charge in [-0.2, -0.15) is 0 Å². The van der Waals surface area contributed by atoms with Gasteiger partial charge in [0, 0.05) is 11.3 Å². The lowest BCUT2D eigenvalue weighted by molar-refractivity contribution is -0.143. The van der Waals surface area contributed by atoms with Gasteiger partial charge in [0.25, 0.3) is 0 Å². The van der Waals surface area contributed by atoms with Gasteiger partial charge in [0.2, 0.25) is 0 Å². The molecular formula is C14H16N2O3. The molecule has 0 heterocycles. The molecule has 0 aliphatic heterocycles. The van der Waals surface area contributed by atoms with E-state index in [0.717, 1.165) is 0 Å². The van der Waals surface area contributed by atoms with Crippen molar-refractivity contribution in [3.05, 3.63) is 29.8 Å². The monoisotopic (exact) mass is 260 g/mol. The highest BCUT2D eigenvalue weighted by atomic mass is 16.4. The van der Waals surface area contributed by atoms with E-state index in [1.54, 1.807) is 31.2 Å². The second-order valence-corrected chi connectivity index (χ2v) is 4.30. The van der Waals surface area contributed by atoms with Gasteiger partial charge < -0.3 is 15.7 Å². The van der Waals surface area contributed by atoms with Gasteiger partial charge in [-0.1, -0.05) is 18.9 Å². The zero-order valence-electron chi connectivity index (χ0n) is 10.9. The first-order chi connectivity index (χ1) is 8.91.